The molecule has 0 atom stereocenters. The van der Waals surface area contributed by atoms with Crippen LogP contribution in [0.1, 0.15) is 32.5 Å². The summed E-state index contributed by atoms with van der Waals surface area (Å²) in [6.45, 7) is 2.44. The van der Waals surface area contributed by atoms with Crippen LogP contribution in [0.5, 0.6) is 11.5 Å². The van der Waals surface area contributed by atoms with Gasteiger partial charge in [0.2, 0.25) is 0 Å². The molecule has 1 aromatic heterocycles. The first kappa shape index (κ1) is 22.5. The van der Waals surface area contributed by atoms with Crippen LogP contribution in [0, 0.1) is 0 Å². The van der Waals surface area contributed by atoms with Gasteiger partial charge in [-0.05, 0) is 49.4 Å². The lowest BCUT2D eigenvalue weighted by molar-refractivity contribution is 0.0739. The molecule has 3 aromatic carbocycles. The van der Waals surface area contributed by atoms with Crippen molar-refractivity contribution >= 4 is 51.1 Å². The number of para-hydroxylation sites is 1. The first-order chi connectivity index (χ1) is 16.1. The summed E-state index contributed by atoms with van der Waals surface area (Å²) in [7, 11) is 0. The van der Waals surface area contributed by atoms with Crippen LogP contribution in [-0.2, 0) is 0 Å². The maximum absolute atomic E-state index is 12.8. The number of rotatable bonds is 7. The van der Waals surface area contributed by atoms with Crippen molar-refractivity contribution in [3.8, 4) is 11.5 Å². The molecule has 0 aliphatic heterocycles. The number of benzene rings is 3. The van der Waals surface area contributed by atoms with Crippen LogP contribution in [0.4, 0.5) is 0 Å². The van der Waals surface area contributed by atoms with Gasteiger partial charge in [0.1, 0.15) is 16.4 Å². The zero-order valence-electron chi connectivity index (χ0n) is 17.6. The van der Waals surface area contributed by atoms with Crippen LogP contribution in [0.2, 0.25) is 5.02 Å². The smallest absolute Gasteiger partial charge is 0.355 e. The van der Waals surface area contributed by atoms with Crippen molar-refractivity contribution in [3.63, 3.8) is 0 Å². The highest BCUT2D eigenvalue weighted by Gasteiger charge is 2.19. The number of carbonyl (C=O) groups is 2. The third-order valence-corrected chi connectivity index (χ3v) is 6.29. The second-order valence-corrected chi connectivity index (χ2v) is 8.26. The molecule has 0 unspecified atom stereocenters. The van der Waals surface area contributed by atoms with Crippen molar-refractivity contribution in [3.05, 3.63) is 93.8 Å². The highest BCUT2D eigenvalue weighted by atomic mass is 35.5. The molecule has 4 aromatic rings. The molecule has 0 aliphatic carbocycles. The average molecular weight is 479 g/mol. The zero-order chi connectivity index (χ0) is 23.2. The van der Waals surface area contributed by atoms with Crippen LogP contribution in [-0.4, -0.2) is 24.7 Å². The number of ether oxygens (including phenoxy) is 2. The molecule has 166 valence electrons. The minimum Gasteiger partial charge on any atom is -0.494 e. The number of carbonyl (C=O) groups excluding carboxylic acids is 2. The summed E-state index contributed by atoms with van der Waals surface area (Å²) in [6, 6.07) is 21.1. The van der Waals surface area contributed by atoms with Gasteiger partial charge in [-0.15, -0.1) is 11.3 Å². The summed E-state index contributed by atoms with van der Waals surface area (Å²) in [4.78, 5) is 25.4. The fourth-order valence-electron chi connectivity index (χ4n) is 3.07. The van der Waals surface area contributed by atoms with Crippen molar-refractivity contribution in [1.29, 1.82) is 0 Å². The quantitative estimate of drug-likeness (QED) is 0.154. The molecule has 33 heavy (non-hydrogen) atoms. The van der Waals surface area contributed by atoms with Crippen LogP contribution in [0.25, 0.3) is 10.1 Å². The molecular weight excluding hydrogens is 460 g/mol. The van der Waals surface area contributed by atoms with Gasteiger partial charge in [0, 0.05) is 21.2 Å². The maximum atomic E-state index is 12.8. The molecule has 1 heterocycles. The Morgan fingerprint density at radius 2 is 1.76 bits per heavy atom. The molecule has 0 bridgehead atoms. The van der Waals surface area contributed by atoms with Crippen LogP contribution in [0.3, 0.4) is 0 Å². The van der Waals surface area contributed by atoms with Crippen molar-refractivity contribution in [2.45, 2.75) is 6.92 Å². The number of fused-ring (bicyclic) bond motifs is 1. The Hall–Kier alpha value is -3.68. The topological polar surface area (TPSA) is 77.0 Å². The first-order valence-electron chi connectivity index (χ1n) is 10.1. The first-order valence-corrected chi connectivity index (χ1v) is 11.3. The predicted molar refractivity (Wildman–Crippen MR) is 131 cm³/mol. The molecule has 0 radical (unpaired) electrons. The van der Waals surface area contributed by atoms with Crippen LogP contribution >= 0.6 is 22.9 Å². The number of esters is 1. The number of hydrazone groups is 1. The van der Waals surface area contributed by atoms with Gasteiger partial charge in [-0.2, -0.15) is 5.10 Å². The van der Waals surface area contributed by atoms with E-state index in [1.54, 1.807) is 48.5 Å². The number of nitrogens with one attached hydrogen (secondary N) is 1. The van der Waals surface area contributed by atoms with Crippen molar-refractivity contribution in [1.82, 2.24) is 5.43 Å². The van der Waals surface area contributed by atoms with E-state index in [1.807, 2.05) is 31.2 Å². The summed E-state index contributed by atoms with van der Waals surface area (Å²) >= 11 is 7.66. The number of amides is 1. The van der Waals surface area contributed by atoms with Gasteiger partial charge in [-0.25, -0.2) is 10.2 Å². The zero-order valence-corrected chi connectivity index (χ0v) is 19.2. The Morgan fingerprint density at radius 1 is 1.03 bits per heavy atom. The van der Waals surface area contributed by atoms with Crippen LogP contribution < -0.4 is 14.9 Å². The Bertz CT molecular complexity index is 1330. The third-order valence-electron chi connectivity index (χ3n) is 4.64. The lowest BCUT2D eigenvalue weighted by Gasteiger charge is -2.07. The summed E-state index contributed by atoms with van der Waals surface area (Å²) in [5.41, 5.74) is 3.43. The van der Waals surface area contributed by atoms with Gasteiger partial charge >= 0.3 is 5.97 Å². The summed E-state index contributed by atoms with van der Waals surface area (Å²) in [6.07, 6.45) is 1.42. The highest BCUT2D eigenvalue weighted by Crippen LogP contribution is 2.36. The van der Waals surface area contributed by atoms with Gasteiger partial charge in [-0.3, -0.25) is 4.79 Å². The minimum atomic E-state index is -0.555. The van der Waals surface area contributed by atoms with Gasteiger partial charge in [0.05, 0.1) is 17.8 Å². The van der Waals surface area contributed by atoms with E-state index in [1.165, 1.54) is 17.6 Å². The maximum Gasteiger partial charge on any atom is 0.355 e. The van der Waals surface area contributed by atoms with Crippen LogP contribution in [0.15, 0.2) is 77.9 Å². The Kier molecular flexibility index (Phi) is 7.02. The predicted octanol–water partition coefficient (Wildman–Crippen LogP) is 5.94. The van der Waals surface area contributed by atoms with Crippen molar-refractivity contribution in [2.75, 3.05) is 6.61 Å². The Morgan fingerprint density at radius 3 is 2.52 bits per heavy atom. The SMILES string of the molecule is CCOc1ccc(C(=O)N/N=C/c2ccccc2OC(=O)c2sc3ccccc3c2Cl)cc1. The fraction of sp³-hybridized carbons (Fsp3) is 0.0800. The lowest BCUT2D eigenvalue weighted by Crippen LogP contribution is -2.17. The number of halogens is 1. The Balaban J connectivity index is 1.45. The largest absolute Gasteiger partial charge is 0.494 e. The van der Waals surface area contributed by atoms with Gasteiger partial charge in [0.15, 0.2) is 0 Å². The Labute approximate surface area is 199 Å². The van der Waals surface area contributed by atoms with Crippen molar-refractivity contribution in [2.24, 2.45) is 5.10 Å². The molecule has 0 aliphatic rings. The second-order valence-electron chi connectivity index (χ2n) is 6.83. The number of nitrogens with zero attached hydrogens (tertiary/aromatic N) is 1. The van der Waals surface area contributed by atoms with Gasteiger partial charge < -0.3 is 9.47 Å². The van der Waals surface area contributed by atoms with E-state index in [9.17, 15) is 9.59 Å². The van der Waals surface area contributed by atoms with E-state index in [-0.39, 0.29) is 5.91 Å². The number of thiophene rings is 1. The number of hydrogen-bond acceptors (Lipinski definition) is 6. The average Bonchev–Trinajstić information content (AvgIpc) is 3.17. The molecule has 1 amide bonds. The molecule has 0 saturated heterocycles. The molecule has 1 N–H and O–H groups in total. The van der Waals surface area contributed by atoms with E-state index in [4.69, 9.17) is 21.1 Å². The normalized spacial score (nSPS) is 11.0. The van der Waals surface area contributed by atoms with Gasteiger partial charge in [-0.1, -0.05) is 41.9 Å². The second kappa shape index (κ2) is 10.3. The number of hydrogen-bond donors (Lipinski definition) is 1. The summed E-state index contributed by atoms with van der Waals surface area (Å²) in [5.74, 6) is 0.0587. The molecule has 6 nitrogen and oxygen atoms in total. The van der Waals surface area contributed by atoms with E-state index >= 15 is 0 Å². The fourth-order valence-corrected chi connectivity index (χ4v) is 4.45. The molecule has 0 saturated carbocycles. The standard InChI is InChI=1S/C25H19ClN2O4S/c1-2-31-18-13-11-16(12-14-18)24(29)28-27-15-17-7-3-5-9-20(17)32-25(30)23-22(26)19-8-4-6-10-21(19)33-23/h3-15H,2H2,1H3,(H,28,29)/b27-15+. The summed E-state index contributed by atoms with van der Waals surface area (Å²) in [5, 5.41) is 5.18. The lowest BCUT2D eigenvalue weighted by atomic mass is 10.2. The molecular formula is C25H19ClN2O4S. The van der Waals surface area contributed by atoms with E-state index in [0.29, 0.717) is 39.1 Å². The molecule has 4 rings (SSSR count). The summed E-state index contributed by atoms with van der Waals surface area (Å²) < 4.78 is 11.9. The van der Waals surface area contributed by atoms with Crippen molar-refractivity contribution < 1.29 is 19.1 Å². The molecule has 0 fully saturated rings. The highest BCUT2D eigenvalue weighted by molar-refractivity contribution is 7.21. The van der Waals surface area contributed by atoms with E-state index < -0.39 is 5.97 Å². The minimum absolute atomic E-state index is 0.301. The molecule has 8 heteroatoms. The van der Waals surface area contributed by atoms with Gasteiger partial charge in [0.25, 0.3) is 5.91 Å². The molecule has 0 spiro atoms. The van der Waals surface area contributed by atoms with E-state index in [2.05, 4.69) is 10.5 Å². The monoisotopic (exact) mass is 478 g/mol. The van der Waals surface area contributed by atoms with E-state index in [0.717, 1.165) is 10.1 Å². The third kappa shape index (κ3) is 5.22.